The van der Waals surface area contributed by atoms with Crippen molar-refractivity contribution in [3.05, 3.63) is 66.7 Å². The van der Waals surface area contributed by atoms with E-state index >= 15 is 0 Å². The molecule has 3 heterocycles. The van der Waals surface area contributed by atoms with Gasteiger partial charge in [0, 0.05) is 17.9 Å². The maximum absolute atomic E-state index is 14.0. The van der Waals surface area contributed by atoms with Crippen molar-refractivity contribution < 1.29 is 29.0 Å². The maximum Gasteiger partial charge on any atom is 0.250 e. The molecule has 1 spiro atoms. The third-order valence-electron chi connectivity index (χ3n) is 9.14. The molecule has 9 heteroatoms. The highest BCUT2D eigenvalue weighted by Gasteiger charge is 2.79. The van der Waals surface area contributed by atoms with Crippen LogP contribution in [0.5, 0.6) is 5.75 Å². The standard InChI is InChI=1S/C32H35N3O6/c1-4-40-24-13-11-22(12-14-24)33-28(37)25-26-30(39)35(15-16-36)27(32(26)18-19(2)31(25,3)41-32)29(38)34-23-10-9-20-7-5-6-8-21(20)17-23/h5-14,17,19,25-27,36H,4,15-16,18H2,1-3H3,(H,33,37)(H,34,38)/t19?,25-,26+,27?,31+,32?/m1/s1. The Morgan fingerprint density at radius 2 is 1.71 bits per heavy atom. The molecule has 0 saturated carbocycles. The number of β-amino-alcohol motifs (C(OH)–C–C–N with tert-alkyl or cyclic N) is 1. The van der Waals surface area contributed by atoms with Crippen LogP contribution < -0.4 is 15.4 Å². The van der Waals surface area contributed by atoms with E-state index in [0.717, 1.165) is 10.8 Å². The topological polar surface area (TPSA) is 117 Å². The Kier molecular flexibility index (Phi) is 6.74. The molecule has 3 aliphatic rings. The van der Waals surface area contributed by atoms with Crippen molar-refractivity contribution in [2.24, 2.45) is 17.8 Å². The molecule has 3 amide bonds. The van der Waals surface area contributed by atoms with E-state index in [1.807, 2.05) is 63.2 Å². The monoisotopic (exact) mass is 557 g/mol. The summed E-state index contributed by atoms with van der Waals surface area (Å²) in [5.41, 5.74) is -0.957. The Balaban J connectivity index is 1.32. The first-order valence-electron chi connectivity index (χ1n) is 14.2. The minimum absolute atomic E-state index is 0.0332. The molecule has 3 fully saturated rings. The zero-order chi connectivity index (χ0) is 28.9. The quantitative estimate of drug-likeness (QED) is 0.388. The van der Waals surface area contributed by atoms with Crippen LogP contribution in [0.3, 0.4) is 0 Å². The SMILES string of the molecule is CCOc1ccc(NC(=O)[C@H]2[C@H]3C(=O)N(CCO)C(C(=O)Nc4ccc5ccccc5c4)C34CC(C)[C@]2(C)O4)cc1. The minimum atomic E-state index is -1.19. The maximum atomic E-state index is 14.0. The van der Waals surface area contributed by atoms with Crippen LogP contribution >= 0.6 is 0 Å². The molecule has 2 bridgehead atoms. The molecular formula is C32H35N3O6. The highest BCUT2D eigenvalue weighted by atomic mass is 16.5. The lowest BCUT2D eigenvalue weighted by molar-refractivity contribution is -0.144. The number of anilines is 2. The first-order chi connectivity index (χ1) is 19.7. The molecule has 3 saturated heterocycles. The third kappa shape index (κ3) is 4.26. The number of nitrogens with one attached hydrogen (secondary N) is 2. The first kappa shape index (κ1) is 27.2. The van der Waals surface area contributed by atoms with Gasteiger partial charge >= 0.3 is 0 Å². The van der Waals surface area contributed by atoms with Crippen molar-refractivity contribution in [2.45, 2.75) is 44.4 Å². The summed E-state index contributed by atoms with van der Waals surface area (Å²) in [5.74, 6) is -2.14. The van der Waals surface area contributed by atoms with Gasteiger partial charge in [0.25, 0.3) is 0 Å². The molecule has 0 radical (unpaired) electrons. The molecule has 3 aromatic rings. The highest BCUT2D eigenvalue weighted by Crippen LogP contribution is 2.65. The summed E-state index contributed by atoms with van der Waals surface area (Å²) < 4.78 is 12.2. The molecular weight excluding hydrogens is 522 g/mol. The molecule has 3 unspecified atom stereocenters. The van der Waals surface area contributed by atoms with Crippen molar-refractivity contribution in [3.8, 4) is 5.75 Å². The van der Waals surface area contributed by atoms with Crippen LogP contribution in [0.2, 0.25) is 0 Å². The number of hydrogen-bond donors (Lipinski definition) is 3. The van der Waals surface area contributed by atoms with Crippen molar-refractivity contribution in [1.82, 2.24) is 4.90 Å². The van der Waals surface area contributed by atoms with Crippen LogP contribution in [-0.4, -0.2) is 64.7 Å². The van der Waals surface area contributed by atoms with Gasteiger partial charge in [0.1, 0.15) is 17.4 Å². The van der Waals surface area contributed by atoms with Crippen molar-refractivity contribution >= 4 is 39.9 Å². The number of aliphatic hydroxyl groups is 1. The van der Waals surface area contributed by atoms with Crippen molar-refractivity contribution in [1.29, 1.82) is 0 Å². The smallest absolute Gasteiger partial charge is 0.250 e. The molecule has 0 aliphatic carbocycles. The van der Waals surface area contributed by atoms with Gasteiger partial charge in [-0.3, -0.25) is 14.4 Å². The van der Waals surface area contributed by atoms with Crippen LogP contribution in [0.25, 0.3) is 10.8 Å². The second kappa shape index (κ2) is 10.2. The van der Waals surface area contributed by atoms with Crippen LogP contribution in [-0.2, 0) is 19.1 Å². The van der Waals surface area contributed by atoms with E-state index in [4.69, 9.17) is 9.47 Å². The Bertz CT molecular complexity index is 1510. The van der Waals surface area contributed by atoms with E-state index in [2.05, 4.69) is 10.6 Å². The predicted octanol–water partition coefficient (Wildman–Crippen LogP) is 3.82. The van der Waals surface area contributed by atoms with Crippen LogP contribution in [0.15, 0.2) is 66.7 Å². The van der Waals surface area contributed by atoms with Gasteiger partial charge < -0.3 is 30.1 Å². The summed E-state index contributed by atoms with van der Waals surface area (Å²) in [4.78, 5) is 43.2. The first-order valence-corrected chi connectivity index (χ1v) is 14.2. The summed E-state index contributed by atoms with van der Waals surface area (Å²) in [6.07, 6.45) is 0.449. The number of likely N-dealkylation sites (tertiary alicyclic amines) is 1. The van der Waals surface area contributed by atoms with Gasteiger partial charge in [0.05, 0.1) is 30.7 Å². The molecule has 6 rings (SSSR count). The molecule has 3 N–H and O–H groups in total. The number of amides is 3. The predicted molar refractivity (Wildman–Crippen MR) is 154 cm³/mol. The normalized spacial score (nSPS) is 30.0. The van der Waals surface area contributed by atoms with E-state index < -0.39 is 35.0 Å². The number of rotatable bonds is 8. The lowest BCUT2D eigenvalue weighted by Crippen LogP contribution is -2.54. The van der Waals surface area contributed by atoms with Gasteiger partial charge in [-0.25, -0.2) is 0 Å². The van der Waals surface area contributed by atoms with Crippen molar-refractivity contribution in [3.63, 3.8) is 0 Å². The number of hydrogen-bond acceptors (Lipinski definition) is 6. The van der Waals surface area contributed by atoms with Gasteiger partial charge in [-0.05, 0) is 73.4 Å². The van der Waals surface area contributed by atoms with Gasteiger partial charge in [-0.2, -0.15) is 0 Å². The zero-order valence-corrected chi connectivity index (χ0v) is 23.4. The zero-order valence-electron chi connectivity index (χ0n) is 23.4. The Morgan fingerprint density at radius 1 is 1.02 bits per heavy atom. The molecule has 3 aliphatic heterocycles. The lowest BCUT2D eigenvalue weighted by Gasteiger charge is -2.36. The number of carbonyl (C=O) groups excluding carboxylic acids is 3. The van der Waals surface area contributed by atoms with Crippen LogP contribution in [0.4, 0.5) is 11.4 Å². The Morgan fingerprint density at radius 3 is 2.41 bits per heavy atom. The Labute approximate surface area is 238 Å². The molecule has 214 valence electrons. The van der Waals surface area contributed by atoms with E-state index in [1.165, 1.54) is 4.90 Å². The summed E-state index contributed by atoms with van der Waals surface area (Å²) in [7, 11) is 0. The second-order valence-electron chi connectivity index (χ2n) is 11.5. The van der Waals surface area contributed by atoms with Crippen molar-refractivity contribution in [2.75, 3.05) is 30.4 Å². The number of aliphatic hydroxyl groups excluding tert-OH is 1. The Hall–Kier alpha value is -3.95. The largest absolute Gasteiger partial charge is 0.494 e. The van der Waals surface area contributed by atoms with E-state index in [9.17, 15) is 19.5 Å². The van der Waals surface area contributed by atoms with Gasteiger partial charge in [-0.15, -0.1) is 0 Å². The second-order valence-corrected chi connectivity index (χ2v) is 11.5. The number of nitrogens with zero attached hydrogens (tertiary/aromatic N) is 1. The number of ether oxygens (including phenoxy) is 2. The lowest BCUT2D eigenvalue weighted by atomic mass is 9.62. The highest BCUT2D eigenvalue weighted by molar-refractivity contribution is 6.06. The van der Waals surface area contributed by atoms with E-state index in [-0.39, 0.29) is 30.9 Å². The molecule has 6 atom stereocenters. The number of carbonyl (C=O) groups is 3. The number of benzene rings is 3. The molecule has 41 heavy (non-hydrogen) atoms. The fourth-order valence-corrected chi connectivity index (χ4v) is 7.29. The molecule has 3 aromatic carbocycles. The summed E-state index contributed by atoms with van der Waals surface area (Å²) >= 11 is 0. The van der Waals surface area contributed by atoms with Crippen LogP contribution in [0.1, 0.15) is 27.2 Å². The third-order valence-corrected chi connectivity index (χ3v) is 9.14. The number of fused-ring (bicyclic) bond motifs is 2. The fourth-order valence-electron chi connectivity index (χ4n) is 7.29. The molecule has 9 nitrogen and oxygen atoms in total. The summed E-state index contributed by atoms with van der Waals surface area (Å²) in [6, 6.07) is 19.6. The van der Waals surface area contributed by atoms with E-state index in [0.29, 0.717) is 30.2 Å². The van der Waals surface area contributed by atoms with Gasteiger partial charge in [0.2, 0.25) is 17.7 Å². The summed E-state index contributed by atoms with van der Waals surface area (Å²) in [6.45, 7) is 5.96. The van der Waals surface area contributed by atoms with Gasteiger partial charge in [0.15, 0.2) is 0 Å². The average molecular weight is 558 g/mol. The van der Waals surface area contributed by atoms with Gasteiger partial charge in [-0.1, -0.05) is 37.3 Å². The van der Waals surface area contributed by atoms with E-state index in [1.54, 1.807) is 24.3 Å². The summed E-state index contributed by atoms with van der Waals surface area (Å²) in [5, 5.41) is 17.8. The minimum Gasteiger partial charge on any atom is -0.494 e. The average Bonchev–Trinajstić information content (AvgIpc) is 3.46. The molecule has 0 aromatic heterocycles. The van der Waals surface area contributed by atoms with Crippen LogP contribution in [0, 0.1) is 17.8 Å². The fraction of sp³-hybridized carbons (Fsp3) is 0.406.